The fraction of sp³-hybridized carbons (Fsp3) is 0.533. The molecule has 0 aliphatic carbocycles. The van der Waals surface area contributed by atoms with Gasteiger partial charge in [-0.15, -0.1) is 11.8 Å². The molecule has 0 fully saturated rings. The molecule has 0 aromatic heterocycles. The van der Waals surface area contributed by atoms with Crippen LogP contribution in [0.2, 0.25) is 0 Å². The summed E-state index contributed by atoms with van der Waals surface area (Å²) in [5, 5.41) is 6.25. The van der Waals surface area contributed by atoms with E-state index in [1.54, 1.807) is 11.8 Å². The molecule has 0 saturated heterocycles. The Morgan fingerprint density at radius 2 is 1.84 bits per heavy atom. The minimum atomic E-state index is 0.0889. The lowest BCUT2D eigenvalue weighted by atomic mass is 10.1. The van der Waals surface area contributed by atoms with E-state index in [9.17, 15) is 4.79 Å². The summed E-state index contributed by atoms with van der Waals surface area (Å²) in [4.78, 5) is 12.5. The number of benzene rings is 1. The zero-order chi connectivity index (χ0) is 14.3. The standard InChI is InChI=1S/C15H24N2OS/c1-5-16-14(18)11-19-13-8-6-12(7-9-13)10-17-15(2,3)4/h6-9,17H,5,10-11H2,1-4H3,(H,16,18). The normalized spacial score (nSPS) is 11.4. The van der Waals surface area contributed by atoms with Crippen LogP contribution in [0.15, 0.2) is 29.2 Å². The predicted octanol–water partition coefficient (Wildman–Crippen LogP) is 2.80. The lowest BCUT2D eigenvalue weighted by Crippen LogP contribution is -2.35. The van der Waals surface area contributed by atoms with Crippen LogP contribution >= 0.6 is 11.8 Å². The maximum absolute atomic E-state index is 11.4. The fourth-order valence-corrected chi connectivity index (χ4v) is 2.20. The van der Waals surface area contributed by atoms with Crippen molar-refractivity contribution in [1.82, 2.24) is 10.6 Å². The van der Waals surface area contributed by atoms with Crippen LogP contribution < -0.4 is 10.6 Å². The molecule has 1 aromatic rings. The first kappa shape index (κ1) is 16.1. The lowest BCUT2D eigenvalue weighted by Gasteiger charge is -2.20. The zero-order valence-corrected chi connectivity index (χ0v) is 13.1. The van der Waals surface area contributed by atoms with Gasteiger partial charge in [-0.3, -0.25) is 4.79 Å². The summed E-state index contributed by atoms with van der Waals surface area (Å²) in [6.07, 6.45) is 0. The van der Waals surface area contributed by atoms with E-state index in [1.807, 2.05) is 6.92 Å². The highest BCUT2D eigenvalue weighted by molar-refractivity contribution is 8.00. The largest absolute Gasteiger partial charge is 0.356 e. The average molecular weight is 280 g/mol. The van der Waals surface area contributed by atoms with Gasteiger partial charge >= 0.3 is 0 Å². The van der Waals surface area contributed by atoms with Gasteiger partial charge in [0.25, 0.3) is 0 Å². The van der Waals surface area contributed by atoms with Gasteiger partial charge in [0, 0.05) is 23.5 Å². The van der Waals surface area contributed by atoms with Crippen molar-refractivity contribution in [3.05, 3.63) is 29.8 Å². The van der Waals surface area contributed by atoms with Crippen molar-refractivity contribution < 1.29 is 4.79 Å². The summed E-state index contributed by atoms with van der Waals surface area (Å²) in [6, 6.07) is 8.37. The molecule has 0 saturated carbocycles. The summed E-state index contributed by atoms with van der Waals surface area (Å²) >= 11 is 1.57. The summed E-state index contributed by atoms with van der Waals surface area (Å²) in [7, 11) is 0. The van der Waals surface area contributed by atoms with Gasteiger partial charge in [-0.1, -0.05) is 12.1 Å². The highest BCUT2D eigenvalue weighted by atomic mass is 32.2. The highest BCUT2D eigenvalue weighted by Crippen LogP contribution is 2.18. The van der Waals surface area contributed by atoms with Gasteiger partial charge < -0.3 is 10.6 Å². The molecule has 0 spiro atoms. The average Bonchev–Trinajstić information content (AvgIpc) is 2.34. The van der Waals surface area contributed by atoms with Gasteiger partial charge in [-0.25, -0.2) is 0 Å². The Hall–Kier alpha value is -1.00. The van der Waals surface area contributed by atoms with Crippen molar-refractivity contribution in [2.45, 2.75) is 44.7 Å². The Balaban J connectivity index is 2.41. The maximum atomic E-state index is 11.4. The third-order valence-corrected chi connectivity index (χ3v) is 3.50. The number of amides is 1. The predicted molar refractivity (Wildman–Crippen MR) is 82.4 cm³/mol. The molecule has 0 heterocycles. The molecule has 3 nitrogen and oxygen atoms in total. The number of hydrogen-bond acceptors (Lipinski definition) is 3. The van der Waals surface area contributed by atoms with Gasteiger partial charge in [-0.2, -0.15) is 0 Å². The van der Waals surface area contributed by atoms with E-state index in [-0.39, 0.29) is 11.4 Å². The topological polar surface area (TPSA) is 41.1 Å². The van der Waals surface area contributed by atoms with Gasteiger partial charge in [0.15, 0.2) is 0 Å². The van der Waals surface area contributed by atoms with Gasteiger partial charge in [-0.05, 0) is 45.4 Å². The van der Waals surface area contributed by atoms with Gasteiger partial charge in [0.1, 0.15) is 0 Å². The van der Waals surface area contributed by atoms with Crippen molar-refractivity contribution in [3.63, 3.8) is 0 Å². The molecule has 2 N–H and O–H groups in total. The van der Waals surface area contributed by atoms with Crippen LogP contribution in [0, 0.1) is 0 Å². The van der Waals surface area contributed by atoms with Crippen molar-refractivity contribution >= 4 is 17.7 Å². The summed E-state index contributed by atoms with van der Waals surface area (Å²) < 4.78 is 0. The first-order chi connectivity index (χ1) is 8.90. The molecular formula is C15H24N2OS. The number of rotatable bonds is 6. The monoisotopic (exact) mass is 280 g/mol. The molecule has 1 aromatic carbocycles. The molecule has 19 heavy (non-hydrogen) atoms. The number of nitrogens with one attached hydrogen (secondary N) is 2. The second kappa shape index (κ2) is 7.56. The lowest BCUT2D eigenvalue weighted by molar-refractivity contribution is -0.118. The Labute approximate surface area is 120 Å². The van der Waals surface area contributed by atoms with Crippen LogP contribution in [0.1, 0.15) is 33.3 Å². The first-order valence-corrected chi connectivity index (χ1v) is 7.63. The molecular weight excluding hydrogens is 256 g/mol. The van der Waals surface area contributed by atoms with E-state index in [1.165, 1.54) is 5.56 Å². The summed E-state index contributed by atoms with van der Waals surface area (Å²) in [5.74, 6) is 0.568. The van der Waals surface area contributed by atoms with E-state index < -0.39 is 0 Å². The molecule has 106 valence electrons. The zero-order valence-electron chi connectivity index (χ0n) is 12.2. The van der Waals surface area contributed by atoms with E-state index >= 15 is 0 Å². The van der Waals surface area contributed by atoms with E-state index in [2.05, 4.69) is 55.7 Å². The maximum Gasteiger partial charge on any atom is 0.230 e. The minimum Gasteiger partial charge on any atom is -0.356 e. The number of hydrogen-bond donors (Lipinski definition) is 2. The number of thioether (sulfide) groups is 1. The van der Waals surface area contributed by atoms with Crippen LogP contribution in [0.4, 0.5) is 0 Å². The van der Waals surface area contributed by atoms with E-state index in [0.29, 0.717) is 12.3 Å². The molecule has 0 atom stereocenters. The van der Waals surface area contributed by atoms with Crippen LogP contribution in [0.5, 0.6) is 0 Å². The summed E-state index contributed by atoms with van der Waals surface area (Å²) in [6.45, 7) is 9.96. The Bertz CT molecular complexity index is 396. The van der Waals surface area contributed by atoms with Crippen LogP contribution in [-0.2, 0) is 11.3 Å². The molecule has 4 heteroatoms. The minimum absolute atomic E-state index is 0.0889. The second-order valence-electron chi connectivity index (χ2n) is 5.49. The highest BCUT2D eigenvalue weighted by Gasteiger charge is 2.08. The quantitative estimate of drug-likeness (QED) is 0.787. The van der Waals surface area contributed by atoms with Crippen molar-refractivity contribution in [3.8, 4) is 0 Å². The van der Waals surface area contributed by atoms with Crippen LogP contribution in [-0.4, -0.2) is 23.7 Å². The molecule has 1 amide bonds. The third-order valence-electron chi connectivity index (χ3n) is 2.49. The van der Waals surface area contributed by atoms with Crippen LogP contribution in [0.25, 0.3) is 0 Å². The van der Waals surface area contributed by atoms with Crippen molar-refractivity contribution in [1.29, 1.82) is 0 Å². The molecule has 0 bridgehead atoms. The molecule has 0 radical (unpaired) electrons. The Morgan fingerprint density at radius 1 is 1.21 bits per heavy atom. The molecule has 0 aliphatic heterocycles. The number of carbonyl (C=O) groups excluding carboxylic acids is 1. The van der Waals surface area contributed by atoms with E-state index in [4.69, 9.17) is 0 Å². The third kappa shape index (κ3) is 7.23. The van der Waals surface area contributed by atoms with Gasteiger partial charge in [0.2, 0.25) is 5.91 Å². The second-order valence-corrected chi connectivity index (χ2v) is 6.54. The smallest absolute Gasteiger partial charge is 0.230 e. The molecule has 1 rings (SSSR count). The fourth-order valence-electron chi connectivity index (χ4n) is 1.47. The molecule has 0 unspecified atom stereocenters. The van der Waals surface area contributed by atoms with Crippen molar-refractivity contribution in [2.75, 3.05) is 12.3 Å². The Kier molecular flexibility index (Phi) is 6.38. The Morgan fingerprint density at radius 3 is 2.37 bits per heavy atom. The van der Waals surface area contributed by atoms with Crippen LogP contribution in [0.3, 0.4) is 0 Å². The summed E-state index contributed by atoms with van der Waals surface area (Å²) in [5.41, 5.74) is 1.39. The first-order valence-electron chi connectivity index (χ1n) is 6.64. The van der Waals surface area contributed by atoms with E-state index in [0.717, 1.165) is 11.4 Å². The number of carbonyl (C=O) groups is 1. The molecule has 0 aliphatic rings. The SMILES string of the molecule is CCNC(=O)CSc1ccc(CNC(C)(C)C)cc1. The van der Waals surface area contributed by atoms with Gasteiger partial charge in [0.05, 0.1) is 5.75 Å². The van der Waals surface area contributed by atoms with Crippen molar-refractivity contribution in [2.24, 2.45) is 0 Å².